The quantitative estimate of drug-likeness (QED) is 0.468. The van der Waals surface area contributed by atoms with E-state index in [1.54, 1.807) is 11.7 Å². The molecule has 0 amide bonds. The Morgan fingerprint density at radius 2 is 1.11 bits per heavy atom. The van der Waals surface area contributed by atoms with Gasteiger partial charge in [-0.3, -0.25) is 0 Å². The molecule has 0 radical (unpaired) electrons. The molecule has 148 valence electrons. The van der Waals surface area contributed by atoms with E-state index < -0.39 is 0 Å². The van der Waals surface area contributed by atoms with Crippen molar-refractivity contribution in [2.45, 2.75) is 81.9 Å². The van der Waals surface area contributed by atoms with Crippen LogP contribution in [0.5, 0.6) is 0 Å². The molecule has 0 unspecified atom stereocenters. The van der Waals surface area contributed by atoms with Crippen molar-refractivity contribution in [3.8, 4) is 11.1 Å². The molecule has 28 heavy (non-hydrogen) atoms. The van der Waals surface area contributed by atoms with E-state index in [0.29, 0.717) is 0 Å². The maximum Gasteiger partial charge on any atom is -0.0107 e. The summed E-state index contributed by atoms with van der Waals surface area (Å²) in [4.78, 5) is 0. The van der Waals surface area contributed by atoms with Gasteiger partial charge in [-0.1, -0.05) is 101 Å². The lowest BCUT2D eigenvalue weighted by Crippen LogP contribution is -2.45. The second kappa shape index (κ2) is 8.71. The normalized spacial score (nSPS) is 27.4. The zero-order valence-electron chi connectivity index (χ0n) is 17.2. The van der Waals surface area contributed by atoms with Crippen LogP contribution in [0.2, 0.25) is 0 Å². The highest BCUT2D eigenvalue weighted by Crippen LogP contribution is 2.67. The van der Waals surface area contributed by atoms with E-state index in [0.717, 1.165) is 23.2 Å². The van der Waals surface area contributed by atoms with Crippen LogP contribution in [0.15, 0.2) is 54.6 Å². The standard InChI is InChI=1S/C27H35P/c1-4-12-21(13-5-1)24-18-10-11-19-25(24)28-26(22-14-6-2-7-15-22)20-27(28)23-16-8-3-9-17-23/h1,4-5,10-13,18-19,22-23,26-27H,2-3,6-9,14-17,20H2/t26-,27-/m0/s1. The minimum absolute atomic E-state index is 0.00988. The van der Waals surface area contributed by atoms with Crippen molar-refractivity contribution in [2.24, 2.45) is 11.8 Å². The average Bonchev–Trinajstić information content (AvgIpc) is 2.76. The topological polar surface area (TPSA) is 0 Å². The van der Waals surface area contributed by atoms with Crippen molar-refractivity contribution in [1.82, 2.24) is 0 Å². The van der Waals surface area contributed by atoms with Gasteiger partial charge in [0, 0.05) is 0 Å². The molecule has 3 aliphatic rings. The molecule has 3 fully saturated rings. The summed E-state index contributed by atoms with van der Waals surface area (Å²) in [6.45, 7) is 0. The van der Waals surface area contributed by atoms with Gasteiger partial charge in [-0.25, -0.2) is 0 Å². The van der Waals surface area contributed by atoms with Gasteiger partial charge in [-0.2, -0.15) is 0 Å². The Morgan fingerprint density at radius 1 is 0.571 bits per heavy atom. The van der Waals surface area contributed by atoms with Gasteiger partial charge in [0.05, 0.1) is 0 Å². The molecule has 0 N–H and O–H groups in total. The molecule has 1 aliphatic heterocycles. The van der Waals surface area contributed by atoms with Crippen LogP contribution in [0, 0.1) is 11.8 Å². The van der Waals surface area contributed by atoms with E-state index in [4.69, 9.17) is 0 Å². The largest absolute Gasteiger partial charge is 0.0677 e. The van der Waals surface area contributed by atoms with Gasteiger partial charge in [-0.15, -0.1) is 0 Å². The Bertz CT molecular complexity index is 731. The Labute approximate surface area is 172 Å². The van der Waals surface area contributed by atoms with Gasteiger partial charge < -0.3 is 0 Å². The Kier molecular flexibility index (Phi) is 5.87. The number of hydrogen-bond acceptors (Lipinski definition) is 0. The lowest BCUT2D eigenvalue weighted by atomic mass is 9.80. The predicted molar refractivity (Wildman–Crippen MR) is 124 cm³/mol. The first-order valence-electron chi connectivity index (χ1n) is 11.8. The van der Waals surface area contributed by atoms with Crippen LogP contribution >= 0.6 is 7.92 Å². The van der Waals surface area contributed by atoms with Gasteiger partial charge in [0.2, 0.25) is 0 Å². The van der Waals surface area contributed by atoms with Crippen molar-refractivity contribution < 1.29 is 0 Å². The summed E-state index contributed by atoms with van der Waals surface area (Å²) in [5.41, 5.74) is 4.98. The van der Waals surface area contributed by atoms with Gasteiger partial charge in [0.25, 0.3) is 0 Å². The lowest BCUT2D eigenvalue weighted by molar-refractivity contribution is 0.276. The Balaban J connectivity index is 1.49. The molecule has 1 heteroatoms. The van der Waals surface area contributed by atoms with Crippen LogP contribution in [0.25, 0.3) is 11.1 Å². The van der Waals surface area contributed by atoms with E-state index in [2.05, 4.69) is 54.6 Å². The van der Waals surface area contributed by atoms with Gasteiger partial charge in [-0.05, 0) is 71.7 Å². The summed E-state index contributed by atoms with van der Waals surface area (Å²) < 4.78 is 0. The van der Waals surface area contributed by atoms with E-state index in [-0.39, 0.29) is 7.92 Å². The second-order valence-corrected chi connectivity index (χ2v) is 12.1. The Hall–Kier alpha value is -1.13. The summed E-state index contributed by atoms with van der Waals surface area (Å²) in [5.74, 6) is 2.03. The first-order valence-corrected chi connectivity index (χ1v) is 13.3. The monoisotopic (exact) mass is 390 g/mol. The van der Waals surface area contributed by atoms with Crippen molar-refractivity contribution in [1.29, 1.82) is 0 Å². The lowest BCUT2D eigenvalue weighted by Gasteiger charge is -2.54. The highest BCUT2D eigenvalue weighted by molar-refractivity contribution is 7.68. The minimum atomic E-state index is -0.00988. The Morgan fingerprint density at radius 3 is 1.71 bits per heavy atom. The van der Waals surface area contributed by atoms with Gasteiger partial charge >= 0.3 is 0 Å². The molecule has 1 saturated heterocycles. The third-order valence-corrected chi connectivity index (χ3v) is 11.5. The second-order valence-electron chi connectivity index (χ2n) is 9.46. The van der Waals surface area contributed by atoms with E-state index in [9.17, 15) is 0 Å². The molecule has 2 saturated carbocycles. The molecule has 2 aliphatic carbocycles. The minimum Gasteiger partial charge on any atom is -0.0677 e. The van der Waals surface area contributed by atoms with Crippen LogP contribution in [0.3, 0.4) is 0 Å². The summed E-state index contributed by atoms with van der Waals surface area (Å²) in [5, 5.41) is 1.74. The molecular formula is C27H35P. The fourth-order valence-electron chi connectivity index (χ4n) is 6.38. The zero-order valence-corrected chi connectivity index (χ0v) is 18.1. The third kappa shape index (κ3) is 3.70. The molecule has 0 nitrogen and oxygen atoms in total. The van der Waals surface area contributed by atoms with Crippen LogP contribution in [-0.2, 0) is 0 Å². The predicted octanol–water partition coefficient (Wildman–Crippen LogP) is 7.76. The van der Waals surface area contributed by atoms with Crippen LogP contribution in [0.4, 0.5) is 0 Å². The molecule has 0 bridgehead atoms. The molecule has 1 heterocycles. The third-order valence-electron chi connectivity index (χ3n) is 7.85. The number of hydrogen-bond donors (Lipinski definition) is 0. The van der Waals surface area contributed by atoms with Crippen molar-refractivity contribution in [3.63, 3.8) is 0 Å². The molecule has 5 rings (SSSR count). The molecule has 0 aromatic heterocycles. The molecule has 0 spiro atoms. The maximum absolute atomic E-state index is 2.51. The van der Waals surface area contributed by atoms with Crippen molar-refractivity contribution in [2.75, 3.05) is 0 Å². The van der Waals surface area contributed by atoms with E-state index in [1.165, 1.54) is 75.3 Å². The first-order chi connectivity index (χ1) is 13.9. The average molecular weight is 391 g/mol. The van der Waals surface area contributed by atoms with Crippen LogP contribution < -0.4 is 5.30 Å². The summed E-state index contributed by atoms with van der Waals surface area (Å²) in [6, 6.07) is 20.7. The van der Waals surface area contributed by atoms with E-state index >= 15 is 0 Å². The van der Waals surface area contributed by atoms with Crippen molar-refractivity contribution in [3.05, 3.63) is 54.6 Å². The number of rotatable bonds is 4. The van der Waals surface area contributed by atoms with E-state index in [1.807, 2.05) is 0 Å². The molecule has 2 atom stereocenters. The molecule has 2 aromatic carbocycles. The molecule has 2 aromatic rings. The number of benzene rings is 2. The fourth-order valence-corrected chi connectivity index (χ4v) is 10.3. The zero-order chi connectivity index (χ0) is 18.8. The van der Waals surface area contributed by atoms with Crippen molar-refractivity contribution >= 4 is 13.2 Å². The highest BCUT2D eigenvalue weighted by Gasteiger charge is 2.48. The SMILES string of the molecule is c1ccc(-c2ccccc2P2[C@H](C3CCCCC3)C[C@H]2C2CCCCC2)cc1. The van der Waals surface area contributed by atoms with Crippen LogP contribution in [0.1, 0.15) is 70.6 Å². The van der Waals surface area contributed by atoms with Gasteiger partial charge in [0.15, 0.2) is 0 Å². The van der Waals surface area contributed by atoms with Crippen LogP contribution in [-0.4, -0.2) is 11.3 Å². The van der Waals surface area contributed by atoms with Gasteiger partial charge in [0.1, 0.15) is 0 Å². The maximum atomic E-state index is 2.51. The summed E-state index contributed by atoms with van der Waals surface area (Å²) in [7, 11) is -0.00988. The smallest absolute Gasteiger partial charge is 0.0107 e. The summed E-state index contributed by atoms with van der Waals surface area (Å²) >= 11 is 0. The fraction of sp³-hybridized carbons (Fsp3) is 0.556. The first kappa shape index (κ1) is 18.9. The highest BCUT2D eigenvalue weighted by atomic mass is 31.1. The molecular weight excluding hydrogens is 355 g/mol. The summed E-state index contributed by atoms with van der Waals surface area (Å²) in [6.07, 6.45) is 16.5.